The maximum absolute atomic E-state index is 12.8. The number of carbonyl (C=O) groups is 1. The fraction of sp³-hybridized carbons (Fsp3) is 0.435. The molecule has 2 heteroatoms. The second-order valence-electron chi connectivity index (χ2n) is 7.84. The van der Waals surface area contributed by atoms with Gasteiger partial charge in [-0.15, -0.1) is 6.42 Å². The zero-order valence-corrected chi connectivity index (χ0v) is 16.1. The summed E-state index contributed by atoms with van der Waals surface area (Å²) in [5.41, 5.74) is 3.35. The van der Waals surface area contributed by atoms with Crippen LogP contribution in [0.1, 0.15) is 47.1 Å². The minimum absolute atomic E-state index is 0.101. The van der Waals surface area contributed by atoms with Crippen LogP contribution in [0.25, 0.3) is 5.57 Å². The number of allylic oxidation sites excluding steroid dienone is 3. The molecule has 0 bridgehead atoms. The molecule has 0 aromatic heterocycles. The number of benzene rings is 1. The summed E-state index contributed by atoms with van der Waals surface area (Å²) in [7, 11) is 0. The van der Waals surface area contributed by atoms with Crippen LogP contribution in [0.2, 0.25) is 0 Å². The van der Waals surface area contributed by atoms with Gasteiger partial charge in [-0.1, -0.05) is 61.7 Å². The molecule has 0 aliphatic heterocycles. The molecule has 1 aromatic carbocycles. The van der Waals surface area contributed by atoms with Crippen LogP contribution in [0, 0.1) is 29.1 Å². The van der Waals surface area contributed by atoms with Crippen LogP contribution in [0.5, 0.6) is 0 Å². The first kappa shape index (κ1) is 19.1. The molecule has 1 aliphatic rings. The van der Waals surface area contributed by atoms with E-state index in [1.54, 1.807) is 0 Å². The Kier molecular flexibility index (Phi) is 5.28. The van der Waals surface area contributed by atoms with E-state index in [1.807, 2.05) is 44.2 Å². The molecule has 0 saturated heterocycles. The Morgan fingerprint density at radius 2 is 1.80 bits per heavy atom. The van der Waals surface area contributed by atoms with Crippen LogP contribution in [0.3, 0.4) is 0 Å². The molecule has 0 amide bonds. The summed E-state index contributed by atoms with van der Waals surface area (Å²) in [6.45, 7) is 12.4. The largest absolute Gasteiger partial charge is 0.460 e. The fourth-order valence-electron chi connectivity index (χ4n) is 3.53. The van der Waals surface area contributed by atoms with E-state index in [1.165, 1.54) is 5.57 Å². The molecule has 1 aromatic rings. The number of hydrogen-bond acceptors (Lipinski definition) is 2. The molecule has 0 spiro atoms. The predicted molar refractivity (Wildman–Crippen MR) is 104 cm³/mol. The molecule has 1 fully saturated rings. The van der Waals surface area contributed by atoms with Gasteiger partial charge in [0, 0.05) is 5.57 Å². The number of terminal acetylenes is 1. The Bertz CT molecular complexity index is 755. The van der Waals surface area contributed by atoms with Crippen molar-refractivity contribution >= 4 is 11.5 Å². The molecule has 1 saturated carbocycles. The van der Waals surface area contributed by atoms with Crippen molar-refractivity contribution in [2.24, 2.45) is 16.7 Å². The predicted octanol–water partition coefficient (Wildman–Crippen LogP) is 5.27. The number of rotatable bonds is 5. The normalized spacial score (nSPS) is 24.6. The van der Waals surface area contributed by atoms with E-state index in [2.05, 4.69) is 39.7 Å². The summed E-state index contributed by atoms with van der Waals surface area (Å²) in [4.78, 5) is 12.8. The maximum Gasteiger partial charge on any atom is 0.313 e. The van der Waals surface area contributed by atoms with Crippen LogP contribution in [0.4, 0.5) is 0 Å². The summed E-state index contributed by atoms with van der Waals surface area (Å²) in [6.07, 6.45) is 7.83. The second kappa shape index (κ2) is 6.92. The van der Waals surface area contributed by atoms with Gasteiger partial charge in [-0.2, -0.15) is 0 Å². The molecule has 1 aliphatic carbocycles. The fourth-order valence-corrected chi connectivity index (χ4v) is 3.53. The van der Waals surface area contributed by atoms with Gasteiger partial charge >= 0.3 is 5.97 Å². The SMILES string of the molecule is C#CC(COC(=O)C1(C)C(C=C(C)C)C1(C)C)=C(C)c1ccccc1. The standard InChI is InChI=1S/C23H28O2/c1-8-18(17(4)19-12-10-9-11-13-19)15-25-21(24)23(7)20(14-16(2)3)22(23,5)6/h1,9-14,20H,15H2,2-7H3. The Labute approximate surface area is 152 Å². The first-order valence-electron chi connectivity index (χ1n) is 8.70. The Hall–Kier alpha value is -2.27. The van der Waals surface area contributed by atoms with Crippen molar-refractivity contribution in [1.29, 1.82) is 0 Å². The minimum atomic E-state index is -0.495. The molecule has 0 heterocycles. The van der Waals surface area contributed by atoms with Crippen molar-refractivity contribution < 1.29 is 9.53 Å². The summed E-state index contributed by atoms with van der Waals surface area (Å²) in [5.74, 6) is 2.71. The van der Waals surface area contributed by atoms with Crippen LogP contribution < -0.4 is 0 Å². The zero-order chi connectivity index (χ0) is 18.8. The molecule has 0 N–H and O–H groups in total. The lowest BCUT2D eigenvalue weighted by atomic mass is 9.98. The van der Waals surface area contributed by atoms with Gasteiger partial charge in [0.1, 0.15) is 6.61 Å². The molecule has 132 valence electrons. The maximum atomic E-state index is 12.8. The third-order valence-electron chi connectivity index (χ3n) is 5.76. The number of hydrogen-bond donors (Lipinski definition) is 0. The zero-order valence-electron chi connectivity index (χ0n) is 16.1. The molecular weight excluding hydrogens is 308 g/mol. The van der Waals surface area contributed by atoms with Crippen molar-refractivity contribution in [2.75, 3.05) is 6.61 Å². The highest BCUT2D eigenvalue weighted by atomic mass is 16.5. The number of ether oxygens (including phenoxy) is 1. The van der Waals surface area contributed by atoms with E-state index in [0.29, 0.717) is 5.57 Å². The van der Waals surface area contributed by atoms with Gasteiger partial charge in [-0.25, -0.2) is 0 Å². The van der Waals surface area contributed by atoms with E-state index in [0.717, 1.165) is 11.1 Å². The average Bonchev–Trinajstić information content (AvgIpc) is 3.01. The Balaban J connectivity index is 2.14. The lowest BCUT2D eigenvalue weighted by Gasteiger charge is -2.15. The van der Waals surface area contributed by atoms with Crippen LogP contribution in [0.15, 0.2) is 47.6 Å². The van der Waals surface area contributed by atoms with Gasteiger partial charge in [-0.05, 0) is 50.2 Å². The molecule has 0 radical (unpaired) electrons. The van der Waals surface area contributed by atoms with E-state index in [4.69, 9.17) is 11.2 Å². The molecule has 2 rings (SSSR count). The average molecular weight is 336 g/mol. The van der Waals surface area contributed by atoms with E-state index in [9.17, 15) is 4.79 Å². The second-order valence-corrected chi connectivity index (χ2v) is 7.84. The highest BCUT2D eigenvalue weighted by molar-refractivity contribution is 5.83. The van der Waals surface area contributed by atoms with Gasteiger partial charge in [0.2, 0.25) is 0 Å². The third-order valence-corrected chi connectivity index (χ3v) is 5.76. The summed E-state index contributed by atoms with van der Waals surface area (Å²) >= 11 is 0. The lowest BCUT2D eigenvalue weighted by Crippen LogP contribution is -2.22. The highest BCUT2D eigenvalue weighted by Crippen LogP contribution is 2.70. The highest BCUT2D eigenvalue weighted by Gasteiger charge is 2.72. The minimum Gasteiger partial charge on any atom is -0.460 e. The Morgan fingerprint density at radius 1 is 1.20 bits per heavy atom. The summed E-state index contributed by atoms with van der Waals surface area (Å²) in [5, 5.41) is 0. The smallest absolute Gasteiger partial charge is 0.313 e. The molecule has 25 heavy (non-hydrogen) atoms. The first-order chi connectivity index (χ1) is 11.7. The Morgan fingerprint density at radius 3 is 2.32 bits per heavy atom. The van der Waals surface area contributed by atoms with Crippen LogP contribution in [-0.2, 0) is 9.53 Å². The molecule has 2 nitrogen and oxygen atoms in total. The van der Waals surface area contributed by atoms with Crippen molar-refractivity contribution in [1.82, 2.24) is 0 Å². The van der Waals surface area contributed by atoms with E-state index in [-0.39, 0.29) is 23.9 Å². The van der Waals surface area contributed by atoms with E-state index >= 15 is 0 Å². The van der Waals surface area contributed by atoms with Crippen molar-refractivity contribution in [3.05, 3.63) is 53.1 Å². The number of carbonyl (C=O) groups excluding carboxylic acids is 1. The van der Waals surface area contributed by atoms with Gasteiger partial charge in [0.25, 0.3) is 0 Å². The van der Waals surface area contributed by atoms with Crippen LogP contribution >= 0.6 is 0 Å². The van der Waals surface area contributed by atoms with Crippen molar-refractivity contribution in [3.63, 3.8) is 0 Å². The number of esters is 1. The monoisotopic (exact) mass is 336 g/mol. The summed E-state index contributed by atoms with van der Waals surface area (Å²) in [6, 6.07) is 9.91. The van der Waals surface area contributed by atoms with Gasteiger partial charge in [0.05, 0.1) is 5.41 Å². The topological polar surface area (TPSA) is 26.3 Å². The van der Waals surface area contributed by atoms with Crippen LogP contribution in [-0.4, -0.2) is 12.6 Å². The van der Waals surface area contributed by atoms with Crippen molar-refractivity contribution in [2.45, 2.75) is 41.5 Å². The van der Waals surface area contributed by atoms with Gasteiger partial charge in [-0.3, -0.25) is 4.79 Å². The third kappa shape index (κ3) is 3.42. The van der Waals surface area contributed by atoms with E-state index < -0.39 is 5.41 Å². The first-order valence-corrected chi connectivity index (χ1v) is 8.70. The lowest BCUT2D eigenvalue weighted by molar-refractivity contribution is -0.150. The summed E-state index contributed by atoms with van der Waals surface area (Å²) < 4.78 is 5.64. The molecule has 2 atom stereocenters. The van der Waals surface area contributed by atoms with Gasteiger partial charge in [0.15, 0.2) is 0 Å². The molecular formula is C23H28O2. The molecule has 2 unspecified atom stereocenters. The van der Waals surface area contributed by atoms with Gasteiger partial charge < -0.3 is 4.74 Å². The van der Waals surface area contributed by atoms with Crippen molar-refractivity contribution in [3.8, 4) is 12.3 Å². The quantitative estimate of drug-likeness (QED) is 0.416.